The zero-order valence-corrected chi connectivity index (χ0v) is 19.2. The average molecular weight is 422 g/mol. The maximum atomic E-state index is 12.5. The first kappa shape index (κ1) is 23.0. The lowest BCUT2D eigenvalue weighted by Crippen LogP contribution is -2.28. The third-order valence-electron chi connectivity index (χ3n) is 4.09. The Balaban J connectivity index is 1.98. The van der Waals surface area contributed by atoms with Crippen LogP contribution in [0.4, 0.5) is 11.6 Å². The standard InChI is InChI=1S/C20H31N5O3S/c1-12-9-15(24-28-12)21-18(27)13(2)29-11-17(26)22-16-10-14(19(3,4)5)23-25(16)20(6,7)8/h9-10,13H,11H2,1-8H3,(H,22,26)(H,21,24,27). The quantitative estimate of drug-likeness (QED) is 0.733. The Morgan fingerprint density at radius 2 is 1.83 bits per heavy atom. The second kappa shape index (κ2) is 8.61. The molecule has 2 N–H and O–H groups in total. The first-order valence-electron chi connectivity index (χ1n) is 9.54. The van der Waals surface area contributed by atoms with Gasteiger partial charge >= 0.3 is 0 Å². The van der Waals surface area contributed by atoms with Crippen LogP contribution in [0.15, 0.2) is 16.7 Å². The van der Waals surface area contributed by atoms with E-state index < -0.39 is 5.25 Å². The van der Waals surface area contributed by atoms with Crippen molar-refractivity contribution in [2.24, 2.45) is 0 Å². The molecule has 0 saturated carbocycles. The van der Waals surface area contributed by atoms with Gasteiger partial charge in [0.25, 0.3) is 0 Å². The van der Waals surface area contributed by atoms with Gasteiger partial charge in [0.15, 0.2) is 5.82 Å². The Morgan fingerprint density at radius 3 is 2.34 bits per heavy atom. The van der Waals surface area contributed by atoms with Crippen LogP contribution in [0, 0.1) is 6.92 Å². The van der Waals surface area contributed by atoms with Crippen molar-refractivity contribution in [3.05, 3.63) is 23.6 Å². The number of aromatic nitrogens is 3. The highest BCUT2D eigenvalue weighted by Crippen LogP contribution is 2.28. The lowest BCUT2D eigenvalue weighted by atomic mass is 9.92. The molecule has 2 amide bonds. The van der Waals surface area contributed by atoms with E-state index in [4.69, 9.17) is 9.62 Å². The van der Waals surface area contributed by atoms with Crippen LogP contribution < -0.4 is 10.6 Å². The molecule has 160 valence electrons. The second-order valence-electron chi connectivity index (χ2n) is 9.06. The molecule has 0 aromatic carbocycles. The fourth-order valence-electron chi connectivity index (χ4n) is 2.46. The monoisotopic (exact) mass is 421 g/mol. The zero-order chi connectivity index (χ0) is 22.0. The molecule has 2 aromatic rings. The summed E-state index contributed by atoms with van der Waals surface area (Å²) in [4.78, 5) is 24.7. The van der Waals surface area contributed by atoms with Gasteiger partial charge in [0.2, 0.25) is 11.8 Å². The van der Waals surface area contributed by atoms with E-state index >= 15 is 0 Å². The van der Waals surface area contributed by atoms with Gasteiger partial charge in [0.1, 0.15) is 11.6 Å². The van der Waals surface area contributed by atoms with E-state index in [1.807, 2.05) is 31.5 Å². The van der Waals surface area contributed by atoms with Crippen molar-refractivity contribution in [2.45, 2.75) is 71.6 Å². The van der Waals surface area contributed by atoms with E-state index in [0.717, 1.165) is 5.69 Å². The Labute approximate surface area is 176 Å². The summed E-state index contributed by atoms with van der Waals surface area (Å²) in [5, 5.41) is 13.6. The number of nitrogens with one attached hydrogen (secondary N) is 2. The topological polar surface area (TPSA) is 102 Å². The minimum atomic E-state index is -0.421. The molecule has 0 spiro atoms. The van der Waals surface area contributed by atoms with Crippen LogP contribution in [0.3, 0.4) is 0 Å². The predicted octanol–water partition coefficient (Wildman–Crippen LogP) is 3.93. The molecule has 0 saturated heterocycles. The predicted molar refractivity (Wildman–Crippen MR) is 116 cm³/mol. The Kier molecular flexibility index (Phi) is 6.82. The van der Waals surface area contributed by atoms with Crippen molar-refractivity contribution in [3.63, 3.8) is 0 Å². The lowest BCUT2D eigenvalue weighted by Gasteiger charge is -2.23. The van der Waals surface area contributed by atoms with Crippen molar-refractivity contribution in [2.75, 3.05) is 16.4 Å². The van der Waals surface area contributed by atoms with Gasteiger partial charge in [0.05, 0.1) is 22.2 Å². The molecular formula is C20H31N5O3S. The van der Waals surface area contributed by atoms with E-state index in [9.17, 15) is 9.59 Å². The van der Waals surface area contributed by atoms with Crippen LogP contribution in [0.25, 0.3) is 0 Å². The summed E-state index contributed by atoms with van der Waals surface area (Å²) in [5.74, 6) is 1.37. The second-order valence-corrected chi connectivity index (χ2v) is 10.4. The highest BCUT2D eigenvalue weighted by molar-refractivity contribution is 8.01. The van der Waals surface area contributed by atoms with Gasteiger partial charge in [-0.3, -0.25) is 9.59 Å². The number of hydrogen-bond donors (Lipinski definition) is 2. The summed E-state index contributed by atoms with van der Waals surface area (Å²) in [6, 6.07) is 3.55. The van der Waals surface area contributed by atoms with Gasteiger partial charge in [0, 0.05) is 17.5 Å². The van der Waals surface area contributed by atoms with Gasteiger partial charge in [-0.2, -0.15) is 5.10 Å². The molecule has 2 heterocycles. The fraction of sp³-hybridized carbons (Fsp3) is 0.600. The fourth-order valence-corrected chi connectivity index (χ4v) is 3.14. The van der Waals surface area contributed by atoms with Crippen molar-refractivity contribution in [1.82, 2.24) is 14.9 Å². The number of carbonyl (C=O) groups excluding carboxylic acids is 2. The molecule has 2 aromatic heterocycles. The van der Waals surface area contributed by atoms with Gasteiger partial charge in [-0.15, -0.1) is 11.8 Å². The number of anilines is 2. The highest BCUT2D eigenvalue weighted by atomic mass is 32.2. The molecule has 8 nitrogen and oxygen atoms in total. The first-order valence-corrected chi connectivity index (χ1v) is 10.6. The number of hydrogen-bond acceptors (Lipinski definition) is 6. The van der Waals surface area contributed by atoms with Crippen LogP contribution in [-0.2, 0) is 20.5 Å². The zero-order valence-electron chi connectivity index (χ0n) is 18.4. The first-order chi connectivity index (χ1) is 13.3. The number of aryl methyl sites for hydroxylation is 1. The van der Waals surface area contributed by atoms with Crippen molar-refractivity contribution in [3.8, 4) is 0 Å². The normalized spacial score (nSPS) is 13.2. The maximum Gasteiger partial charge on any atom is 0.238 e. The van der Waals surface area contributed by atoms with Crippen LogP contribution in [0.2, 0.25) is 0 Å². The van der Waals surface area contributed by atoms with Crippen LogP contribution in [0.5, 0.6) is 0 Å². The summed E-state index contributed by atoms with van der Waals surface area (Å²) in [7, 11) is 0. The lowest BCUT2D eigenvalue weighted by molar-refractivity contribution is -0.115. The van der Waals surface area contributed by atoms with Gasteiger partial charge in [-0.25, -0.2) is 4.68 Å². The number of thioether (sulfide) groups is 1. The summed E-state index contributed by atoms with van der Waals surface area (Å²) >= 11 is 1.25. The highest BCUT2D eigenvalue weighted by Gasteiger charge is 2.26. The molecule has 9 heteroatoms. The van der Waals surface area contributed by atoms with Crippen LogP contribution >= 0.6 is 11.8 Å². The third-order valence-corrected chi connectivity index (χ3v) is 5.24. The van der Waals surface area contributed by atoms with E-state index in [0.29, 0.717) is 17.4 Å². The van der Waals surface area contributed by atoms with Crippen LogP contribution in [0.1, 0.15) is 59.9 Å². The number of carbonyl (C=O) groups is 2. The average Bonchev–Trinajstić information content (AvgIpc) is 3.18. The Bertz CT molecular complexity index is 874. The molecule has 1 unspecified atom stereocenters. The largest absolute Gasteiger partial charge is 0.360 e. The minimum Gasteiger partial charge on any atom is -0.360 e. The Morgan fingerprint density at radius 1 is 1.17 bits per heavy atom. The van der Waals surface area contributed by atoms with E-state index in [1.54, 1.807) is 19.9 Å². The Hall–Kier alpha value is -2.29. The SMILES string of the molecule is Cc1cc(NC(=O)C(C)SCC(=O)Nc2cc(C(C)(C)C)nn2C(C)(C)C)no1. The van der Waals surface area contributed by atoms with Crippen molar-refractivity contribution < 1.29 is 14.1 Å². The summed E-state index contributed by atoms with van der Waals surface area (Å²) in [6.45, 7) is 15.9. The van der Waals surface area contributed by atoms with Crippen molar-refractivity contribution in [1.29, 1.82) is 0 Å². The summed E-state index contributed by atoms with van der Waals surface area (Å²) < 4.78 is 6.76. The van der Waals surface area contributed by atoms with Crippen LogP contribution in [-0.4, -0.2) is 37.8 Å². The van der Waals surface area contributed by atoms with E-state index in [2.05, 4.69) is 36.6 Å². The minimum absolute atomic E-state index is 0.128. The van der Waals surface area contributed by atoms with Gasteiger partial charge < -0.3 is 15.2 Å². The third kappa shape index (κ3) is 6.35. The molecule has 0 aliphatic heterocycles. The van der Waals surface area contributed by atoms with Crippen molar-refractivity contribution >= 4 is 35.2 Å². The molecule has 29 heavy (non-hydrogen) atoms. The number of amides is 2. The molecule has 0 aliphatic rings. The molecular weight excluding hydrogens is 390 g/mol. The van der Waals surface area contributed by atoms with Gasteiger partial charge in [-0.05, 0) is 34.6 Å². The van der Waals surface area contributed by atoms with Gasteiger partial charge in [-0.1, -0.05) is 25.9 Å². The molecule has 0 bridgehead atoms. The number of rotatable bonds is 6. The summed E-state index contributed by atoms with van der Waals surface area (Å²) in [6.07, 6.45) is 0. The molecule has 0 aliphatic carbocycles. The maximum absolute atomic E-state index is 12.5. The molecule has 0 fully saturated rings. The molecule has 0 radical (unpaired) electrons. The summed E-state index contributed by atoms with van der Waals surface area (Å²) in [5.41, 5.74) is 0.505. The molecule has 1 atom stereocenters. The number of nitrogens with zero attached hydrogens (tertiary/aromatic N) is 3. The van der Waals surface area contributed by atoms with E-state index in [-0.39, 0.29) is 28.5 Å². The smallest absolute Gasteiger partial charge is 0.238 e. The van der Waals surface area contributed by atoms with E-state index in [1.165, 1.54) is 11.8 Å². The molecule has 2 rings (SSSR count).